The summed E-state index contributed by atoms with van der Waals surface area (Å²) in [5, 5.41) is 3.71. The summed E-state index contributed by atoms with van der Waals surface area (Å²) in [6.07, 6.45) is 3.03. The number of carbonyl (C=O) groups is 1. The highest BCUT2D eigenvalue weighted by Gasteiger charge is 2.13. The molecule has 0 unspecified atom stereocenters. The summed E-state index contributed by atoms with van der Waals surface area (Å²) in [5.41, 5.74) is 3.72. The Balaban J connectivity index is 1.57. The fraction of sp³-hybridized carbons (Fsp3) is 0.208. The lowest BCUT2D eigenvalue weighted by atomic mass is 10.0. The largest absolute Gasteiger partial charge is 0.350 e. The smallest absolute Gasteiger partial charge is 0.219 e. The first kappa shape index (κ1) is 17.3. The molecule has 3 heteroatoms. The third-order valence-corrected chi connectivity index (χ3v) is 5.32. The van der Waals surface area contributed by atoms with E-state index in [1.807, 2.05) is 4.90 Å². The van der Waals surface area contributed by atoms with Gasteiger partial charge in [0.1, 0.15) is 0 Å². The van der Waals surface area contributed by atoms with Crippen LogP contribution in [0.2, 0.25) is 0 Å². The molecule has 3 aromatic carbocycles. The van der Waals surface area contributed by atoms with Crippen LogP contribution in [0.3, 0.4) is 0 Å². The molecule has 4 aromatic rings. The van der Waals surface area contributed by atoms with Gasteiger partial charge in [-0.3, -0.25) is 4.79 Å². The van der Waals surface area contributed by atoms with Crippen molar-refractivity contribution in [3.8, 4) is 0 Å². The van der Waals surface area contributed by atoms with Gasteiger partial charge in [0.05, 0.1) is 0 Å². The van der Waals surface area contributed by atoms with E-state index in [9.17, 15) is 4.79 Å². The number of aromatic nitrogens is 1. The van der Waals surface area contributed by atoms with E-state index in [1.54, 1.807) is 6.92 Å². The van der Waals surface area contributed by atoms with Crippen molar-refractivity contribution < 1.29 is 4.79 Å². The van der Waals surface area contributed by atoms with Crippen LogP contribution in [0.5, 0.6) is 0 Å². The highest BCUT2D eigenvalue weighted by atomic mass is 16.2. The normalized spacial score (nSPS) is 11.2. The van der Waals surface area contributed by atoms with Crippen LogP contribution in [-0.2, 0) is 24.8 Å². The minimum absolute atomic E-state index is 0.114. The van der Waals surface area contributed by atoms with Crippen molar-refractivity contribution in [2.45, 2.75) is 19.9 Å². The van der Waals surface area contributed by atoms with Gasteiger partial charge in [-0.05, 0) is 34.4 Å². The Morgan fingerprint density at radius 2 is 1.59 bits per heavy atom. The van der Waals surface area contributed by atoms with Crippen molar-refractivity contribution in [2.24, 2.45) is 7.05 Å². The molecule has 0 atom stereocenters. The number of amides is 1. The Labute approximate surface area is 159 Å². The summed E-state index contributed by atoms with van der Waals surface area (Å²) in [7, 11) is 2.07. The molecule has 0 saturated heterocycles. The number of para-hydroxylation sites is 1. The molecular formula is C24H24N2O. The second kappa shape index (κ2) is 7.28. The summed E-state index contributed by atoms with van der Waals surface area (Å²) in [5.74, 6) is 0.114. The molecule has 1 aromatic heterocycles. The first-order chi connectivity index (χ1) is 13.1. The molecule has 0 spiro atoms. The van der Waals surface area contributed by atoms with Gasteiger partial charge < -0.3 is 9.47 Å². The predicted molar refractivity (Wildman–Crippen MR) is 112 cm³/mol. The average molecular weight is 356 g/mol. The van der Waals surface area contributed by atoms with Crippen LogP contribution >= 0.6 is 0 Å². The summed E-state index contributed by atoms with van der Waals surface area (Å²) in [4.78, 5) is 14.2. The van der Waals surface area contributed by atoms with E-state index < -0.39 is 0 Å². The first-order valence-corrected chi connectivity index (χ1v) is 9.38. The number of rotatable bonds is 5. The molecule has 1 amide bonds. The molecule has 136 valence electrons. The highest BCUT2D eigenvalue weighted by Crippen LogP contribution is 2.23. The van der Waals surface area contributed by atoms with Gasteiger partial charge in [-0.25, -0.2) is 0 Å². The molecule has 27 heavy (non-hydrogen) atoms. The van der Waals surface area contributed by atoms with E-state index in [2.05, 4.69) is 84.5 Å². The number of carbonyl (C=O) groups excluding carboxylic acids is 1. The molecule has 1 heterocycles. The molecule has 0 fully saturated rings. The Morgan fingerprint density at radius 3 is 2.41 bits per heavy atom. The summed E-state index contributed by atoms with van der Waals surface area (Å²) < 4.78 is 2.16. The quantitative estimate of drug-likeness (QED) is 0.498. The zero-order valence-electron chi connectivity index (χ0n) is 15.9. The molecule has 0 saturated carbocycles. The highest BCUT2D eigenvalue weighted by molar-refractivity contribution is 5.86. The average Bonchev–Trinajstić information content (AvgIpc) is 3.01. The second-order valence-corrected chi connectivity index (χ2v) is 7.11. The Kier molecular flexibility index (Phi) is 4.68. The topological polar surface area (TPSA) is 25.2 Å². The maximum atomic E-state index is 12.3. The van der Waals surface area contributed by atoms with E-state index in [-0.39, 0.29) is 5.91 Å². The minimum atomic E-state index is 0.114. The van der Waals surface area contributed by atoms with Gasteiger partial charge in [0.15, 0.2) is 0 Å². The van der Waals surface area contributed by atoms with Gasteiger partial charge in [0.25, 0.3) is 0 Å². The number of hydrogen-bond donors (Lipinski definition) is 0. The lowest BCUT2D eigenvalue weighted by molar-refractivity contribution is -0.129. The number of benzene rings is 3. The maximum absolute atomic E-state index is 12.3. The van der Waals surface area contributed by atoms with E-state index in [0.29, 0.717) is 13.1 Å². The third kappa shape index (κ3) is 3.45. The zero-order chi connectivity index (χ0) is 18.8. The van der Waals surface area contributed by atoms with Crippen LogP contribution in [0, 0.1) is 0 Å². The molecular weight excluding hydrogens is 332 g/mol. The van der Waals surface area contributed by atoms with Gasteiger partial charge in [0, 0.05) is 44.2 Å². The molecule has 0 radical (unpaired) electrons. The summed E-state index contributed by atoms with van der Waals surface area (Å²) in [6, 6.07) is 23.1. The molecule has 0 bridgehead atoms. The standard InChI is InChI=1S/C24H24N2O/c1-18(27)26(17-20-10-7-9-19-8-3-4-11-22(19)20)15-14-21-16-25(2)24-13-6-5-12-23(21)24/h3-13,16H,14-15,17H2,1-2H3. The van der Waals surface area contributed by atoms with Crippen molar-refractivity contribution >= 4 is 27.6 Å². The Bertz CT molecular complexity index is 1100. The Hall–Kier alpha value is -3.07. The zero-order valence-corrected chi connectivity index (χ0v) is 15.9. The number of nitrogens with zero attached hydrogens (tertiary/aromatic N) is 2. The van der Waals surface area contributed by atoms with Gasteiger partial charge in [-0.15, -0.1) is 0 Å². The lowest BCUT2D eigenvalue weighted by Crippen LogP contribution is -2.30. The van der Waals surface area contributed by atoms with Crippen LogP contribution in [0.25, 0.3) is 21.7 Å². The van der Waals surface area contributed by atoms with Crippen molar-refractivity contribution in [1.29, 1.82) is 0 Å². The fourth-order valence-corrected chi connectivity index (χ4v) is 3.86. The van der Waals surface area contributed by atoms with E-state index in [0.717, 1.165) is 6.42 Å². The molecule has 4 rings (SSSR count). The number of fused-ring (bicyclic) bond motifs is 2. The van der Waals surface area contributed by atoms with Crippen LogP contribution in [-0.4, -0.2) is 21.9 Å². The Morgan fingerprint density at radius 1 is 0.889 bits per heavy atom. The molecule has 0 N–H and O–H groups in total. The fourth-order valence-electron chi connectivity index (χ4n) is 3.86. The van der Waals surface area contributed by atoms with Crippen LogP contribution in [0.4, 0.5) is 0 Å². The SMILES string of the molecule is CC(=O)N(CCc1cn(C)c2ccccc12)Cc1cccc2ccccc12. The monoisotopic (exact) mass is 356 g/mol. The second-order valence-electron chi connectivity index (χ2n) is 7.11. The van der Waals surface area contributed by atoms with Crippen molar-refractivity contribution in [2.75, 3.05) is 6.54 Å². The predicted octanol–water partition coefficient (Wildman–Crippen LogP) is 4.92. The minimum Gasteiger partial charge on any atom is -0.350 e. The van der Waals surface area contributed by atoms with E-state index in [4.69, 9.17) is 0 Å². The van der Waals surface area contributed by atoms with E-state index in [1.165, 1.54) is 32.8 Å². The summed E-state index contributed by atoms with van der Waals surface area (Å²) in [6.45, 7) is 3.02. The van der Waals surface area contributed by atoms with Gasteiger partial charge >= 0.3 is 0 Å². The van der Waals surface area contributed by atoms with Crippen molar-refractivity contribution in [1.82, 2.24) is 9.47 Å². The number of hydrogen-bond acceptors (Lipinski definition) is 1. The van der Waals surface area contributed by atoms with Gasteiger partial charge in [-0.2, -0.15) is 0 Å². The van der Waals surface area contributed by atoms with Crippen LogP contribution in [0.15, 0.2) is 72.9 Å². The summed E-state index contributed by atoms with van der Waals surface area (Å²) >= 11 is 0. The number of aryl methyl sites for hydroxylation is 1. The van der Waals surface area contributed by atoms with Crippen molar-refractivity contribution in [3.05, 3.63) is 84.1 Å². The van der Waals surface area contributed by atoms with Crippen molar-refractivity contribution in [3.63, 3.8) is 0 Å². The lowest BCUT2D eigenvalue weighted by Gasteiger charge is -2.22. The van der Waals surface area contributed by atoms with Crippen LogP contribution < -0.4 is 0 Å². The molecule has 3 nitrogen and oxygen atoms in total. The molecule has 0 aliphatic rings. The molecule has 0 aliphatic carbocycles. The van der Waals surface area contributed by atoms with E-state index >= 15 is 0 Å². The first-order valence-electron chi connectivity index (χ1n) is 9.38. The van der Waals surface area contributed by atoms with Gasteiger partial charge in [-0.1, -0.05) is 60.7 Å². The third-order valence-electron chi connectivity index (χ3n) is 5.32. The van der Waals surface area contributed by atoms with Gasteiger partial charge in [0.2, 0.25) is 5.91 Å². The van der Waals surface area contributed by atoms with Crippen LogP contribution in [0.1, 0.15) is 18.1 Å². The molecule has 0 aliphatic heterocycles. The maximum Gasteiger partial charge on any atom is 0.219 e.